The van der Waals surface area contributed by atoms with E-state index in [0.717, 1.165) is 0 Å². The van der Waals surface area contributed by atoms with E-state index < -0.39 is 11.4 Å². The van der Waals surface area contributed by atoms with E-state index >= 15 is 0 Å². The van der Waals surface area contributed by atoms with E-state index in [4.69, 9.17) is 10.3 Å². The molecule has 2 rings (SSSR count). The van der Waals surface area contributed by atoms with E-state index in [9.17, 15) is 9.18 Å². The minimum Gasteiger partial charge on any atom is -0.444 e. The first-order valence-electron chi connectivity index (χ1n) is 7.38. The summed E-state index contributed by atoms with van der Waals surface area (Å²) < 4.78 is 19.4. The van der Waals surface area contributed by atoms with Crippen LogP contribution in [0.3, 0.4) is 0 Å². The van der Waals surface area contributed by atoms with Crippen LogP contribution in [0.15, 0.2) is 23.3 Å². The van der Waals surface area contributed by atoms with Crippen molar-refractivity contribution in [1.82, 2.24) is 4.90 Å². The Balaban J connectivity index is 2.08. The first kappa shape index (κ1) is 16.9. The van der Waals surface area contributed by atoms with Crippen molar-refractivity contribution < 1.29 is 13.9 Å². The van der Waals surface area contributed by atoms with Crippen LogP contribution in [0.1, 0.15) is 20.8 Å². The first-order chi connectivity index (χ1) is 10.8. The second-order valence-corrected chi connectivity index (χ2v) is 6.25. The van der Waals surface area contributed by atoms with E-state index in [2.05, 4.69) is 10.0 Å². The number of piperazine rings is 1. The second kappa shape index (κ2) is 6.75. The molecule has 1 amide bonds. The van der Waals surface area contributed by atoms with Crippen molar-refractivity contribution in [3.05, 3.63) is 34.5 Å². The van der Waals surface area contributed by atoms with Gasteiger partial charge in [0, 0.05) is 31.1 Å². The van der Waals surface area contributed by atoms with Crippen molar-refractivity contribution in [2.45, 2.75) is 26.4 Å². The molecule has 1 aliphatic heterocycles. The van der Waals surface area contributed by atoms with Crippen LogP contribution in [-0.2, 0) is 4.74 Å². The highest BCUT2D eigenvalue weighted by Crippen LogP contribution is 2.32. The molecule has 1 fully saturated rings. The number of para-hydroxylation sites is 1. The molecular formula is C15H20FN5O2. The summed E-state index contributed by atoms with van der Waals surface area (Å²) in [5.41, 5.74) is 8.58. The normalized spacial score (nSPS) is 15.1. The maximum absolute atomic E-state index is 14.1. The van der Waals surface area contributed by atoms with Gasteiger partial charge in [-0.05, 0) is 32.4 Å². The van der Waals surface area contributed by atoms with Gasteiger partial charge in [0.05, 0.1) is 11.4 Å². The molecule has 0 bridgehead atoms. The van der Waals surface area contributed by atoms with Crippen molar-refractivity contribution in [3.63, 3.8) is 0 Å². The molecule has 0 spiro atoms. The van der Waals surface area contributed by atoms with Crippen LogP contribution >= 0.6 is 0 Å². The van der Waals surface area contributed by atoms with E-state index in [1.54, 1.807) is 15.9 Å². The molecule has 23 heavy (non-hydrogen) atoms. The summed E-state index contributed by atoms with van der Waals surface area (Å²) in [6, 6.07) is 4.39. The van der Waals surface area contributed by atoms with Gasteiger partial charge < -0.3 is 14.5 Å². The highest BCUT2D eigenvalue weighted by atomic mass is 19.1. The zero-order valence-corrected chi connectivity index (χ0v) is 13.5. The van der Waals surface area contributed by atoms with Gasteiger partial charge in [0.1, 0.15) is 11.4 Å². The number of hydrogen-bond donors (Lipinski definition) is 0. The van der Waals surface area contributed by atoms with E-state index in [-0.39, 0.29) is 17.5 Å². The summed E-state index contributed by atoms with van der Waals surface area (Å²) in [4.78, 5) is 18.1. The lowest BCUT2D eigenvalue weighted by Gasteiger charge is -2.37. The molecule has 0 N–H and O–H groups in total. The standard InChI is InChI=1S/C15H20FN5O2/c1-15(2,3)23-14(22)21-9-7-20(8-10-21)13-11(16)5-4-6-12(13)18-19-17/h4-6H,7-10H2,1-3H3. The molecule has 1 aromatic carbocycles. The highest BCUT2D eigenvalue weighted by molar-refractivity contribution is 5.70. The van der Waals surface area contributed by atoms with Crippen LogP contribution in [-0.4, -0.2) is 42.8 Å². The molecule has 0 radical (unpaired) electrons. The van der Waals surface area contributed by atoms with Crippen molar-refractivity contribution in [2.24, 2.45) is 5.11 Å². The monoisotopic (exact) mass is 321 g/mol. The van der Waals surface area contributed by atoms with Gasteiger partial charge in [-0.15, -0.1) is 0 Å². The van der Waals surface area contributed by atoms with Crippen LogP contribution < -0.4 is 4.90 Å². The topological polar surface area (TPSA) is 81.5 Å². The van der Waals surface area contributed by atoms with Gasteiger partial charge in [0.15, 0.2) is 0 Å². The van der Waals surface area contributed by atoms with Gasteiger partial charge in [-0.1, -0.05) is 17.2 Å². The van der Waals surface area contributed by atoms with E-state index in [1.165, 1.54) is 12.1 Å². The average Bonchev–Trinajstić information content (AvgIpc) is 2.46. The van der Waals surface area contributed by atoms with Crippen molar-refractivity contribution in [2.75, 3.05) is 31.1 Å². The van der Waals surface area contributed by atoms with Crippen molar-refractivity contribution >= 4 is 17.5 Å². The number of azide groups is 1. The van der Waals surface area contributed by atoms with Gasteiger partial charge in [-0.3, -0.25) is 0 Å². The molecule has 1 saturated heterocycles. The summed E-state index contributed by atoms with van der Waals surface area (Å²) in [6.45, 7) is 7.15. The summed E-state index contributed by atoms with van der Waals surface area (Å²) in [7, 11) is 0. The second-order valence-electron chi connectivity index (χ2n) is 6.25. The Labute approximate surface area is 134 Å². The molecule has 1 aromatic rings. The van der Waals surface area contributed by atoms with Crippen LogP contribution in [0.2, 0.25) is 0 Å². The summed E-state index contributed by atoms with van der Waals surface area (Å²) in [5.74, 6) is -0.444. The Morgan fingerprint density at radius 3 is 2.52 bits per heavy atom. The molecule has 124 valence electrons. The third-order valence-electron chi connectivity index (χ3n) is 3.37. The number of ether oxygens (including phenoxy) is 1. The number of hydrogen-bond acceptors (Lipinski definition) is 4. The smallest absolute Gasteiger partial charge is 0.410 e. The summed E-state index contributed by atoms with van der Waals surface area (Å²) >= 11 is 0. The van der Waals surface area contributed by atoms with Gasteiger partial charge >= 0.3 is 6.09 Å². The lowest BCUT2D eigenvalue weighted by atomic mass is 10.2. The Kier molecular flexibility index (Phi) is 4.95. The molecule has 8 heteroatoms. The minimum absolute atomic E-state index is 0.248. The molecule has 0 aliphatic carbocycles. The minimum atomic E-state index is -0.547. The zero-order valence-electron chi connectivity index (χ0n) is 13.5. The number of rotatable bonds is 2. The Morgan fingerprint density at radius 2 is 1.96 bits per heavy atom. The summed E-state index contributed by atoms with van der Waals surface area (Å²) in [6.07, 6.45) is -0.374. The fraction of sp³-hybridized carbons (Fsp3) is 0.533. The van der Waals surface area contributed by atoms with E-state index in [1.807, 2.05) is 20.8 Å². The number of halogens is 1. The third-order valence-corrected chi connectivity index (χ3v) is 3.37. The number of nitrogens with zero attached hydrogens (tertiary/aromatic N) is 5. The molecule has 0 saturated carbocycles. The van der Waals surface area contributed by atoms with Gasteiger partial charge in [-0.2, -0.15) is 0 Å². The zero-order chi connectivity index (χ0) is 17.0. The van der Waals surface area contributed by atoms with Gasteiger partial charge in [-0.25, -0.2) is 9.18 Å². The lowest BCUT2D eigenvalue weighted by molar-refractivity contribution is 0.0240. The van der Waals surface area contributed by atoms with Crippen molar-refractivity contribution in [3.8, 4) is 0 Å². The maximum atomic E-state index is 14.1. The number of benzene rings is 1. The number of amides is 1. The van der Waals surface area contributed by atoms with E-state index in [0.29, 0.717) is 26.2 Å². The highest BCUT2D eigenvalue weighted by Gasteiger charge is 2.27. The predicted octanol–water partition coefficient (Wildman–Crippen LogP) is 3.82. The molecule has 7 nitrogen and oxygen atoms in total. The van der Waals surface area contributed by atoms with Gasteiger partial charge in [0.2, 0.25) is 0 Å². The summed E-state index contributed by atoms with van der Waals surface area (Å²) in [5, 5.41) is 3.54. The fourth-order valence-corrected chi connectivity index (χ4v) is 2.38. The van der Waals surface area contributed by atoms with Crippen LogP contribution in [0.4, 0.5) is 20.6 Å². The molecule has 1 heterocycles. The average molecular weight is 321 g/mol. The Bertz CT molecular complexity index is 629. The lowest BCUT2D eigenvalue weighted by Crippen LogP contribution is -2.50. The molecule has 1 aliphatic rings. The van der Waals surface area contributed by atoms with Crippen LogP contribution in [0.25, 0.3) is 10.4 Å². The SMILES string of the molecule is CC(C)(C)OC(=O)N1CCN(c2c(F)cccc2N=[N+]=[N-])CC1. The number of carbonyl (C=O) groups excluding carboxylic acids is 1. The predicted molar refractivity (Wildman–Crippen MR) is 85.2 cm³/mol. The molecular weight excluding hydrogens is 301 g/mol. The number of carbonyl (C=O) groups is 1. The first-order valence-corrected chi connectivity index (χ1v) is 7.38. The van der Waals surface area contributed by atoms with Crippen LogP contribution in [0, 0.1) is 5.82 Å². The quantitative estimate of drug-likeness (QED) is 0.471. The molecule has 0 unspecified atom stereocenters. The largest absolute Gasteiger partial charge is 0.444 e. The Morgan fingerprint density at radius 1 is 1.30 bits per heavy atom. The third kappa shape index (κ3) is 4.26. The van der Waals surface area contributed by atoms with Gasteiger partial charge in [0.25, 0.3) is 0 Å². The Hall–Kier alpha value is -2.47. The molecule has 0 atom stereocenters. The maximum Gasteiger partial charge on any atom is 0.410 e. The van der Waals surface area contributed by atoms with Crippen LogP contribution in [0.5, 0.6) is 0 Å². The molecule has 0 aromatic heterocycles. The number of anilines is 1. The fourth-order valence-electron chi connectivity index (χ4n) is 2.38. The van der Waals surface area contributed by atoms with Crippen molar-refractivity contribution in [1.29, 1.82) is 0 Å².